The van der Waals surface area contributed by atoms with Crippen molar-refractivity contribution in [3.8, 4) is 0 Å². The van der Waals surface area contributed by atoms with E-state index in [0.717, 1.165) is 18.2 Å². The number of anilines is 2. The summed E-state index contributed by atoms with van der Waals surface area (Å²) in [5, 5.41) is 6.29. The van der Waals surface area contributed by atoms with Gasteiger partial charge >= 0.3 is 0 Å². The number of hydrogen-bond acceptors (Lipinski definition) is 5. The molecule has 0 aliphatic rings. The van der Waals surface area contributed by atoms with E-state index in [1.54, 1.807) is 6.33 Å². The van der Waals surface area contributed by atoms with Gasteiger partial charge in [0.1, 0.15) is 18.0 Å². The first-order valence-corrected chi connectivity index (χ1v) is 6.30. The number of hydrogen-bond donors (Lipinski definition) is 2. The number of rotatable bonds is 4. The molecule has 0 unspecified atom stereocenters. The van der Waals surface area contributed by atoms with Crippen LogP contribution in [0, 0.1) is 13.8 Å². The average molecular weight is 248 g/mol. The standard InChI is InChI=1S/C12H16N4S/c1-8-4-10(17-9(8)2)6-14-12-5-11(13-3)15-7-16-12/h4-5,7H,6H2,1-3H3,(H2,13,14,15,16). The Morgan fingerprint density at radius 3 is 2.59 bits per heavy atom. The van der Waals surface area contributed by atoms with Gasteiger partial charge in [0.25, 0.3) is 0 Å². The lowest BCUT2D eigenvalue weighted by molar-refractivity contribution is 1.10. The summed E-state index contributed by atoms with van der Waals surface area (Å²) in [6, 6.07) is 4.11. The molecule has 5 heteroatoms. The van der Waals surface area contributed by atoms with Crippen LogP contribution in [0.5, 0.6) is 0 Å². The minimum absolute atomic E-state index is 0.805. The fourth-order valence-corrected chi connectivity index (χ4v) is 2.50. The molecule has 90 valence electrons. The highest BCUT2D eigenvalue weighted by molar-refractivity contribution is 7.12. The Labute approximate surface area is 105 Å². The van der Waals surface area contributed by atoms with Crippen molar-refractivity contribution in [2.45, 2.75) is 20.4 Å². The summed E-state index contributed by atoms with van der Waals surface area (Å²) in [5.41, 5.74) is 1.35. The Morgan fingerprint density at radius 2 is 1.94 bits per heavy atom. The SMILES string of the molecule is CNc1cc(NCc2cc(C)c(C)s2)ncn1. The van der Waals surface area contributed by atoms with E-state index in [-0.39, 0.29) is 0 Å². The lowest BCUT2D eigenvalue weighted by Gasteiger charge is -2.05. The van der Waals surface area contributed by atoms with Gasteiger partial charge in [0.2, 0.25) is 0 Å². The third-order valence-electron chi connectivity index (χ3n) is 2.58. The third-order valence-corrected chi connectivity index (χ3v) is 3.74. The van der Waals surface area contributed by atoms with E-state index in [1.165, 1.54) is 15.3 Å². The summed E-state index contributed by atoms with van der Waals surface area (Å²) in [6.45, 7) is 5.09. The fourth-order valence-electron chi connectivity index (χ4n) is 1.51. The number of aryl methyl sites for hydroxylation is 2. The lowest BCUT2D eigenvalue weighted by Crippen LogP contribution is -2.01. The Balaban J connectivity index is 2.01. The highest BCUT2D eigenvalue weighted by Crippen LogP contribution is 2.21. The first-order chi connectivity index (χ1) is 8.19. The summed E-state index contributed by atoms with van der Waals surface area (Å²) in [7, 11) is 1.85. The molecule has 2 aromatic heterocycles. The van der Waals surface area contributed by atoms with E-state index < -0.39 is 0 Å². The van der Waals surface area contributed by atoms with Gasteiger partial charge in [-0.15, -0.1) is 11.3 Å². The van der Waals surface area contributed by atoms with Gasteiger partial charge in [0, 0.05) is 22.9 Å². The van der Waals surface area contributed by atoms with Crippen molar-refractivity contribution >= 4 is 23.0 Å². The van der Waals surface area contributed by atoms with Gasteiger partial charge in [-0.1, -0.05) is 0 Å². The maximum Gasteiger partial charge on any atom is 0.131 e. The van der Waals surface area contributed by atoms with Gasteiger partial charge < -0.3 is 10.6 Å². The van der Waals surface area contributed by atoms with E-state index in [0.29, 0.717) is 0 Å². The molecule has 2 aromatic rings. The predicted molar refractivity (Wildman–Crippen MR) is 72.7 cm³/mol. The topological polar surface area (TPSA) is 49.8 Å². The van der Waals surface area contributed by atoms with Crippen molar-refractivity contribution in [1.82, 2.24) is 9.97 Å². The van der Waals surface area contributed by atoms with Crippen LogP contribution in [0.3, 0.4) is 0 Å². The Kier molecular flexibility index (Phi) is 3.58. The molecule has 2 rings (SSSR count). The number of aromatic nitrogens is 2. The molecule has 2 N–H and O–H groups in total. The quantitative estimate of drug-likeness (QED) is 0.873. The lowest BCUT2D eigenvalue weighted by atomic mass is 10.3. The number of nitrogens with one attached hydrogen (secondary N) is 2. The highest BCUT2D eigenvalue weighted by Gasteiger charge is 2.02. The minimum atomic E-state index is 0.805. The van der Waals surface area contributed by atoms with Crippen molar-refractivity contribution in [3.05, 3.63) is 33.8 Å². The van der Waals surface area contributed by atoms with E-state index in [4.69, 9.17) is 0 Å². The fraction of sp³-hybridized carbons (Fsp3) is 0.333. The van der Waals surface area contributed by atoms with Gasteiger partial charge in [-0.05, 0) is 25.5 Å². The first kappa shape index (κ1) is 11.9. The molecule has 0 fully saturated rings. The highest BCUT2D eigenvalue weighted by atomic mass is 32.1. The van der Waals surface area contributed by atoms with E-state index >= 15 is 0 Å². The molecular formula is C12H16N4S. The molecule has 0 saturated heterocycles. The Hall–Kier alpha value is -1.62. The Bertz CT molecular complexity index is 487. The molecule has 0 aliphatic carbocycles. The second-order valence-corrected chi connectivity index (χ2v) is 5.18. The number of nitrogens with zero attached hydrogens (tertiary/aromatic N) is 2. The maximum absolute atomic E-state index is 4.17. The van der Waals surface area contributed by atoms with Crippen LogP contribution in [0.1, 0.15) is 15.3 Å². The van der Waals surface area contributed by atoms with Crippen molar-refractivity contribution in [2.24, 2.45) is 0 Å². The van der Waals surface area contributed by atoms with Gasteiger partial charge in [-0.2, -0.15) is 0 Å². The summed E-state index contributed by atoms with van der Waals surface area (Å²) < 4.78 is 0. The smallest absolute Gasteiger partial charge is 0.131 e. The van der Waals surface area contributed by atoms with Crippen molar-refractivity contribution < 1.29 is 0 Å². The average Bonchev–Trinajstić information content (AvgIpc) is 2.67. The maximum atomic E-state index is 4.17. The van der Waals surface area contributed by atoms with Crippen LogP contribution in [-0.2, 0) is 6.54 Å². The summed E-state index contributed by atoms with van der Waals surface area (Å²) >= 11 is 1.82. The van der Waals surface area contributed by atoms with Crippen LogP contribution in [0.4, 0.5) is 11.6 Å². The molecule has 4 nitrogen and oxygen atoms in total. The van der Waals surface area contributed by atoms with E-state index in [9.17, 15) is 0 Å². The second kappa shape index (κ2) is 5.14. The van der Waals surface area contributed by atoms with Crippen LogP contribution in [0.15, 0.2) is 18.5 Å². The van der Waals surface area contributed by atoms with Gasteiger partial charge in [0.05, 0.1) is 6.54 Å². The third kappa shape index (κ3) is 2.94. The molecule has 0 aromatic carbocycles. The monoisotopic (exact) mass is 248 g/mol. The predicted octanol–water partition coefficient (Wildman–Crippen LogP) is 2.81. The zero-order chi connectivity index (χ0) is 12.3. The zero-order valence-corrected chi connectivity index (χ0v) is 11.1. The molecule has 2 heterocycles. The zero-order valence-electron chi connectivity index (χ0n) is 10.2. The molecule has 0 amide bonds. The van der Waals surface area contributed by atoms with Crippen LogP contribution in [-0.4, -0.2) is 17.0 Å². The van der Waals surface area contributed by atoms with E-state index in [1.807, 2.05) is 24.5 Å². The van der Waals surface area contributed by atoms with Crippen molar-refractivity contribution in [3.63, 3.8) is 0 Å². The molecule has 0 bridgehead atoms. The van der Waals surface area contributed by atoms with E-state index in [2.05, 4.69) is 40.5 Å². The van der Waals surface area contributed by atoms with Gasteiger partial charge in [-0.3, -0.25) is 0 Å². The molecule has 17 heavy (non-hydrogen) atoms. The Morgan fingerprint density at radius 1 is 1.18 bits per heavy atom. The van der Waals surface area contributed by atoms with Crippen LogP contribution >= 0.6 is 11.3 Å². The first-order valence-electron chi connectivity index (χ1n) is 5.48. The molecular weight excluding hydrogens is 232 g/mol. The number of thiophene rings is 1. The molecule has 0 atom stereocenters. The second-order valence-electron chi connectivity index (χ2n) is 3.84. The summed E-state index contributed by atoms with van der Waals surface area (Å²) in [5.74, 6) is 1.66. The molecule has 0 spiro atoms. The van der Waals surface area contributed by atoms with Crippen LogP contribution < -0.4 is 10.6 Å². The minimum Gasteiger partial charge on any atom is -0.373 e. The van der Waals surface area contributed by atoms with Crippen LogP contribution in [0.2, 0.25) is 0 Å². The van der Waals surface area contributed by atoms with Gasteiger partial charge in [-0.25, -0.2) is 9.97 Å². The molecule has 0 aliphatic heterocycles. The summed E-state index contributed by atoms with van der Waals surface area (Å²) in [6.07, 6.45) is 1.55. The largest absolute Gasteiger partial charge is 0.373 e. The van der Waals surface area contributed by atoms with Crippen molar-refractivity contribution in [1.29, 1.82) is 0 Å². The van der Waals surface area contributed by atoms with Gasteiger partial charge in [0.15, 0.2) is 0 Å². The molecule has 0 saturated carbocycles. The van der Waals surface area contributed by atoms with Crippen molar-refractivity contribution in [2.75, 3.05) is 17.7 Å². The normalized spacial score (nSPS) is 10.3. The summed E-state index contributed by atoms with van der Waals surface area (Å²) in [4.78, 5) is 10.9. The molecule has 0 radical (unpaired) electrons. The van der Waals surface area contributed by atoms with Crippen LogP contribution in [0.25, 0.3) is 0 Å².